The van der Waals surface area contributed by atoms with E-state index in [4.69, 9.17) is 0 Å². The number of nitrogens with zero attached hydrogens (tertiary/aromatic N) is 4. The van der Waals surface area contributed by atoms with E-state index >= 15 is 0 Å². The van der Waals surface area contributed by atoms with Crippen LogP contribution in [0.4, 0.5) is 0 Å². The number of hydrogen-bond acceptors (Lipinski definition) is 5. The number of carbonyl (C=O) groups excluding carboxylic acids is 2. The van der Waals surface area contributed by atoms with Crippen molar-refractivity contribution in [2.24, 2.45) is 10.9 Å². The highest BCUT2D eigenvalue weighted by Gasteiger charge is 2.17. The maximum atomic E-state index is 12.7. The average molecular weight is 622 g/mol. The van der Waals surface area contributed by atoms with Gasteiger partial charge in [-0.05, 0) is 53.0 Å². The molecule has 1 aromatic carbocycles. The fourth-order valence-electron chi connectivity index (χ4n) is 4.05. The van der Waals surface area contributed by atoms with Gasteiger partial charge in [-0.3, -0.25) is 9.59 Å². The largest absolute Gasteiger partial charge is 0.334 e. The van der Waals surface area contributed by atoms with Crippen LogP contribution >= 0.6 is 0 Å². The first-order chi connectivity index (χ1) is 21.6. The molecule has 0 saturated heterocycles. The molecule has 0 saturated carbocycles. The second kappa shape index (κ2) is 28.0. The molecule has 0 bridgehead atoms. The Bertz CT molecular complexity index is 1220. The molecule has 7 heteroatoms. The number of rotatable bonds is 14. The zero-order valence-electron chi connectivity index (χ0n) is 30.6. The molecular weight excluding hydrogens is 558 g/mol. The molecule has 2 amide bonds. The molecule has 1 heterocycles. The van der Waals surface area contributed by atoms with Crippen molar-refractivity contribution < 1.29 is 9.59 Å². The zero-order valence-corrected chi connectivity index (χ0v) is 30.6. The highest BCUT2D eigenvalue weighted by atomic mass is 16.2. The van der Waals surface area contributed by atoms with Gasteiger partial charge >= 0.3 is 0 Å². The number of aliphatic imine (C=N–C) groups is 1. The predicted octanol–water partition coefficient (Wildman–Crippen LogP) is 9.58. The van der Waals surface area contributed by atoms with Crippen LogP contribution in [0.2, 0.25) is 0 Å². The average Bonchev–Trinajstić information content (AvgIpc) is 3.03. The number of aryl methyl sites for hydroxylation is 1. The van der Waals surface area contributed by atoms with Crippen LogP contribution in [0.5, 0.6) is 0 Å². The second-order valence-electron chi connectivity index (χ2n) is 11.1. The molecular formula is C38H63N5O2. The second-order valence-corrected chi connectivity index (χ2v) is 11.1. The minimum Gasteiger partial charge on any atom is -0.334 e. The number of benzene rings is 1. The number of unbranched alkanes of at least 4 members (excludes halogenated alkanes) is 5. The van der Waals surface area contributed by atoms with Gasteiger partial charge in [0.15, 0.2) is 0 Å². The molecule has 1 aromatic heterocycles. The maximum absolute atomic E-state index is 12.7. The number of nitrogens with one attached hydrogen (secondary N) is 1. The number of amides is 2. The van der Waals surface area contributed by atoms with Gasteiger partial charge in [0.05, 0.1) is 17.6 Å². The van der Waals surface area contributed by atoms with Gasteiger partial charge in [0.25, 0.3) is 5.91 Å². The first kappa shape index (κ1) is 43.6. The third-order valence-electron chi connectivity index (χ3n) is 6.85. The number of carbonyl (C=O) groups is 2. The van der Waals surface area contributed by atoms with Crippen LogP contribution in [0.25, 0.3) is 10.9 Å². The summed E-state index contributed by atoms with van der Waals surface area (Å²) < 4.78 is 0. The van der Waals surface area contributed by atoms with E-state index < -0.39 is 0 Å². The summed E-state index contributed by atoms with van der Waals surface area (Å²) in [6, 6.07) is 7.76. The first-order valence-corrected chi connectivity index (χ1v) is 16.9. The summed E-state index contributed by atoms with van der Waals surface area (Å²) in [5.41, 5.74) is 2.79. The van der Waals surface area contributed by atoms with Crippen molar-refractivity contribution in [2.45, 2.75) is 140 Å². The Balaban J connectivity index is 0. The van der Waals surface area contributed by atoms with Gasteiger partial charge in [-0.25, -0.2) is 15.0 Å². The van der Waals surface area contributed by atoms with Gasteiger partial charge in [0.2, 0.25) is 6.41 Å². The number of fused-ring (bicyclic) bond motifs is 1. The highest BCUT2D eigenvalue weighted by molar-refractivity contribution is 5.94. The summed E-state index contributed by atoms with van der Waals surface area (Å²) in [7, 11) is 1.67. The zero-order chi connectivity index (χ0) is 34.6. The minimum atomic E-state index is -0.256. The molecule has 45 heavy (non-hydrogen) atoms. The van der Waals surface area contributed by atoms with Crippen LogP contribution < -0.4 is 5.32 Å². The van der Waals surface area contributed by atoms with E-state index in [0.29, 0.717) is 17.8 Å². The number of aromatic nitrogens is 2. The summed E-state index contributed by atoms with van der Waals surface area (Å²) in [5, 5.41) is 3.47. The van der Waals surface area contributed by atoms with Crippen LogP contribution in [0.1, 0.15) is 139 Å². The van der Waals surface area contributed by atoms with Gasteiger partial charge < -0.3 is 10.2 Å². The fourth-order valence-corrected chi connectivity index (χ4v) is 4.05. The lowest BCUT2D eigenvalue weighted by Crippen LogP contribution is -2.30. The topological polar surface area (TPSA) is 87.5 Å². The Hall–Kier alpha value is -3.53. The summed E-state index contributed by atoms with van der Waals surface area (Å²) in [5.74, 6) is 7.35. The molecule has 2 aromatic rings. The van der Waals surface area contributed by atoms with Crippen molar-refractivity contribution in [3.8, 4) is 11.8 Å². The predicted molar refractivity (Wildman–Crippen MR) is 194 cm³/mol. The third kappa shape index (κ3) is 20.2. The fraction of sp³-hybridized carbons (Fsp3) is 0.605. The SMILES string of the molecule is CC.CC#CCCCC.CC(C)=N/C(NC=O)=C(\C)C(=O)N(C)Cc1nc(C)c2ccccc2n1.CCCCCC[C@@H](C)CC. The number of hydrogen-bond donors (Lipinski definition) is 1. The molecule has 0 aliphatic heterocycles. The van der Waals surface area contributed by atoms with Gasteiger partial charge in [-0.2, -0.15) is 0 Å². The van der Waals surface area contributed by atoms with E-state index in [-0.39, 0.29) is 18.3 Å². The van der Waals surface area contributed by atoms with Crippen LogP contribution in [0, 0.1) is 24.7 Å². The van der Waals surface area contributed by atoms with Crippen molar-refractivity contribution in [2.75, 3.05) is 7.05 Å². The molecule has 0 radical (unpaired) electrons. The van der Waals surface area contributed by atoms with Crippen LogP contribution in [0.3, 0.4) is 0 Å². The van der Waals surface area contributed by atoms with Crippen LogP contribution in [-0.2, 0) is 16.1 Å². The monoisotopic (exact) mass is 621 g/mol. The van der Waals surface area contributed by atoms with Crippen molar-refractivity contribution in [3.63, 3.8) is 0 Å². The summed E-state index contributed by atoms with van der Waals surface area (Å²) in [6.45, 7) is 22.4. The van der Waals surface area contributed by atoms with E-state index in [1.165, 1.54) is 56.3 Å². The van der Waals surface area contributed by atoms with Crippen molar-refractivity contribution in [1.29, 1.82) is 0 Å². The third-order valence-corrected chi connectivity index (χ3v) is 6.85. The lowest BCUT2D eigenvalue weighted by atomic mass is 10.0. The van der Waals surface area contributed by atoms with Crippen LogP contribution in [0.15, 0.2) is 40.7 Å². The minimum absolute atomic E-state index is 0.243. The van der Waals surface area contributed by atoms with E-state index in [1.807, 2.05) is 52.0 Å². The normalized spacial score (nSPS) is 10.9. The summed E-state index contributed by atoms with van der Waals surface area (Å²) in [6.07, 6.45) is 12.6. The van der Waals surface area contributed by atoms with Crippen molar-refractivity contribution in [1.82, 2.24) is 20.2 Å². The molecule has 7 nitrogen and oxygen atoms in total. The standard InChI is InChI=1S/C19H23N5O2.C10H22.C7H12.C2H6/c1-12(2)21-18(20-11-25)13(3)19(26)24(5)10-17-22-14(4)15-8-6-7-9-16(15)23-17;1-4-6-7-8-9-10(3)5-2;1-3-5-7-6-4-2;1-2/h6-9,11H,10H2,1-5H3,(H,20,25);10H,4-9H2,1-3H3;3,5,7H2,1-2H3;1-2H3/b18-13+;;;/t;10-;;/m.0../s1. The van der Waals surface area contributed by atoms with E-state index in [2.05, 4.69) is 59.8 Å². The van der Waals surface area contributed by atoms with Gasteiger partial charge in [-0.1, -0.05) is 105 Å². The molecule has 0 fully saturated rings. The molecule has 1 atom stereocenters. The maximum Gasteiger partial charge on any atom is 0.253 e. The molecule has 0 unspecified atom stereocenters. The van der Waals surface area contributed by atoms with Gasteiger partial charge in [-0.15, -0.1) is 11.8 Å². The van der Waals surface area contributed by atoms with Gasteiger partial charge in [0.1, 0.15) is 11.6 Å². The summed E-state index contributed by atoms with van der Waals surface area (Å²) >= 11 is 0. The smallest absolute Gasteiger partial charge is 0.253 e. The number of para-hydroxylation sites is 1. The van der Waals surface area contributed by atoms with Gasteiger partial charge in [0, 0.05) is 30.3 Å². The van der Waals surface area contributed by atoms with E-state index in [9.17, 15) is 9.59 Å². The molecule has 0 spiro atoms. The Morgan fingerprint density at radius 3 is 2.22 bits per heavy atom. The molecule has 0 aliphatic carbocycles. The Labute approximate surface area is 275 Å². The lowest BCUT2D eigenvalue weighted by molar-refractivity contribution is -0.126. The molecule has 2 rings (SSSR count). The Morgan fingerprint density at radius 1 is 1.02 bits per heavy atom. The molecule has 252 valence electrons. The Morgan fingerprint density at radius 2 is 1.67 bits per heavy atom. The molecule has 0 aliphatic rings. The van der Waals surface area contributed by atoms with Crippen LogP contribution in [-0.4, -0.2) is 39.9 Å². The Kier molecular flexibility index (Phi) is 27.1. The van der Waals surface area contributed by atoms with E-state index in [1.54, 1.807) is 27.8 Å². The number of likely N-dealkylation sites (N-methyl/N-ethyl adjacent to an activating group) is 1. The van der Waals surface area contributed by atoms with Crippen molar-refractivity contribution >= 4 is 28.9 Å². The first-order valence-electron chi connectivity index (χ1n) is 16.9. The summed E-state index contributed by atoms with van der Waals surface area (Å²) in [4.78, 5) is 38.2. The van der Waals surface area contributed by atoms with Crippen molar-refractivity contribution in [3.05, 3.63) is 47.2 Å². The molecule has 1 N–H and O–H groups in total. The quantitative estimate of drug-likeness (QED) is 0.0748. The van der Waals surface area contributed by atoms with E-state index in [0.717, 1.165) is 34.6 Å². The highest BCUT2D eigenvalue weighted by Crippen LogP contribution is 2.16. The lowest BCUT2D eigenvalue weighted by Gasteiger charge is -2.18.